The molecule has 5 heteroatoms. The van der Waals surface area contributed by atoms with Gasteiger partial charge >= 0.3 is 0 Å². The van der Waals surface area contributed by atoms with Crippen molar-refractivity contribution in [3.63, 3.8) is 0 Å². The van der Waals surface area contributed by atoms with Crippen LogP contribution in [0.1, 0.15) is 26.8 Å². The van der Waals surface area contributed by atoms with E-state index < -0.39 is 0 Å². The lowest BCUT2D eigenvalue weighted by atomic mass is 9.98. The summed E-state index contributed by atoms with van der Waals surface area (Å²) in [5.74, 6) is 1.43. The molecule has 1 aliphatic rings. The highest BCUT2D eigenvalue weighted by Gasteiger charge is 2.20. The molecule has 0 saturated heterocycles. The number of hydrogen-bond acceptors (Lipinski definition) is 4. The molecule has 1 aliphatic heterocycles. The van der Waals surface area contributed by atoms with Crippen LogP contribution in [0, 0.1) is 0 Å². The number of carbonyl (C=O) groups is 1. The van der Waals surface area contributed by atoms with E-state index in [0.717, 1.165) is 17.1 Å². The van der Waals surface area contributed by atoms with Crippen LogP contribution in [0.2, 0.25) is 0 Å². The van der Waals surface area contributed by atoms with Gasteiger partial charge in [0.05, 0.1) is 10.9 Å². The van der Waals surface area contributed by atoms with Crippen LogP contribution in [-0.4, -0.2) is 19.1 Å². The first kappa shape index (κ1) is 16.7. The van der Waals surface area contributed by atoms with Crippen LogP contribution in [0.4, 0.5) is 0 Å². The third-order valence-electron chi connectivity index (χ3n) is 4.30. The Labute approximate surface area is 156 Å². The van der Waals surface area contributed by atoms with Crippen LogP contribution < -0.4 is 14.8 Å². The summed E-state index contributed by atoms with van der Waals surface area (Å²) in [4.78, 5) is 13.3. The number of amides is 1. The number of ether oxygens (including phenoxy) is 2. The van der Waals surface area contributed by atoms with Gasteiger partial charge in [0.25, 0.3) is 5.91 Å². The molecule has 0 spiro atoms. The van der Waals surface area contributed by atoms with E-state index in [1.54, 1.807) is 0 Å². The molecule has 1 aromatic heterocycles. The summed E-state index contributed by atoms with van der Waals surface area (Å²) in [5, 5.41) is 5.07. The predicted octanol–water partition coefficient (Wildman–Crippen LogP) is 4.23. The fraction of sp³-hybridized carbons (Fsp3) is 0.190. The summed E-state index contributed by atoms with van der Waals surface area (Å²) >= 11 is 1.44. The molecule has 132 valence electrons. The van der Waals surface area contributed by atoms with Gasteiger partial charge in [-0.05, 0) is 41.1 Å². The van der Waals surface area contributed by atoms with Gasteiger partial charge in [-0.3, -0.25) is 4.79 Å². The predicted molar refractivity (Wildman–Crippen MR) is 102 cm³/mol. The maximum Gasteiger partial charge on any atom is 0.261 e. The first-order valence-corrected chi connectivity index (χ1v) is 9.45. The van der Waals surface area contributed by atoms with Gasteiger partial charge in [-0.15, -0.1) is 11.3 Å². The van der Waals surface area contributed by atoms with E-state index in [1.165, 1.54) is 16.9 Å². The van der Waals surface area contributed by atoms with Crippen molar-refractivity contribution in [3.05, 3.63) is 82.0 Å². The topological polar surface area (TPSA) is 47.6 Å². The van der Waals surface area contributed by atoms with Gasteiger partial charge in [-0.25, -0.2) is 0 Å². The third kappa shape index (κ3) is 3.73. The lowest BCUT2D eigenvalue weighted by molar-refractivity contribution is 0.0940. The largest absolute Gasteiger partial charge is 0.486 e. The molecule has 1 atom stereocenters. The average molecular weight is 365 g/mol. The van der Waals surface area contributed by atoms with Crippen molar-refractivity contribution in [2.75, 3.05) is 13.2 Å². The average Bonchev–Trinajstić information content (AvgIpc) is 3.23. The minimum Gasteiger partial charge on any atom is -0.486 e. The molecule has 2 heterocycles. The molecular formula is C21H19NO3S. The van der Waals surface area contributed by atoms with Gasteiger partial charge in [-0.1, -0.05) is 42.5 Å². The van der Waals surface area contributed by atoms with Crippen LogP contribution in [0.5, 0.6) is 11.5 Å². The maximum absolute atomic E-state index is 12.6. The molecule has 1 amide bonds. The first-order valence-electron chi connectivity index (χ1n) is 8.57. The fourth-order valence-corrected chi connectivity index (χ4v) is 3.64. The van der Waals surface area contributed by atoms with Crippen molar-refractivity contribution in [2.45, 2.75) is 12.5 Å². The Bertz CT molecular complexity index is 878. The monoisotopic (exact) mass is 365 g/mol. The van der Waals surface area contributed by atoms with E-state index in [2.05, 4.69) is 17.4 Å². The zero-order chi connectivity index (χ0) is 17.8. The van der Waals surface area contributed by atoms with Gasteiger partial charge in [0.15, 0.2) is 11.5 Å². The highest BCUT2D eigenvalue weighted by molar-refractivity contribution is 7.12. The summed E-state index contributed by atoms with van der Waals surface area (Å²) in [6.45, 7) is 1.11. The molecule has 0 radical (unpaired) electrons. The molecule has 3 aromatic rings. The Kier molecular flexibility index (Phi) is 4.88. The highest BCUT2D eigenvalue weighted by atomic mass is 32.1. The van der Waals surface area contributed by atoms with Crippen molar-refractivity contribution in [1.82, 2.24) is 5.32 Å². The van der Waals surface area contributed by atoms with E-state index in [0.29, 0.717) is 24.5 Å². The Hall–Kier alpha value is -2.79. The summed E-state index contributed by atoms with van der Waals surface area (Å²) < 4.78 is 11.3. The summed E-state index contributed by atoms with van der Waals surface area (Å²) in [7, 11) is 0. The standard InChI is InChI=1S/C21H19NO3S/c23-21(20-7-4-12-26-20)22-17(13-15-5-2-1-3-6-15)16-8-9-18-19(14-16)25-11-10-24-18/h1-9,12,14,17H,10-11,13H2,(H,22,23)/t17-/m0/s1. The molecule has 0 fully saturated rings. The quantitative estimate of drug-likeness (QED) is 0.736. The van der Waals surface area contributed by atoms with Crippen LogP contribution in [0.25, 0.3) is 0 Å². The van der Waals surface area contributed by atoms with Crippen molar-refractivity contribution < 1.29 is 14.3 Å². The third-order valence-corrected chi connectivity index (χ3v) is 5.17. The molecule has 4 nitrogen and oxygen atoms in total. The number of hydrogen-bond donors (Lipinski definition) is 1. The van der Waals surface area contributed by atoms with E-state index in [1.807, 2.05) is 53.9 Å². The molecule has 0 aliphatic carbocycles. The van der Waals surface area contributed by atoms with Crippen LogP contribution >= 0.6 is 11.3 Å². The second-order valence-corrected chi connectivity index (χ2v) is 7.04. The van der Waals surface area contributed by atoms with Gasteiger partial charge in [0, 0.05) is 0 Å². The number of thiophene rings is 1. The van der Waals surface area contributed by atoms with Crippen LogP contribution in [-0.2, 0) is 6.42 Å². The lowest BCUT2D eigenvalue weighted by Gasteiger charge is -2.23. The summed E-state index contributed by atoms with van der Waals surface area (Å²) in [5.41, 5.74) is 2.17. The Morgan fingerprint density at radius 2 is 1.81 bits per heavy atom. The van der Waals surface area contributed by atoms with Gasteiger partial charge in [0.2, 0.25) is 0 Å². The van der Waals surface area contributed by atoms with Gasteiger partial charge in [0.1, 0.15) is 13.2 Å². The number of fused-ring (bicyclic) bond motifs is 1. The summed E-state index contributed by atoms with van der Waals surface area (Å²) in [6, 6.07) is 19.6. The second-order valence-electron chi connectivity index (χ2n) is 6.10. The van der Waals surface area contributed by atoms with E-state index >= 15 is 0 Å². The number of benzene rings is 2. The number of carbonyl (C=O) groups excluding carboxylic acids is 1. The van der Waals surface area contributed by atoms with Crippen LogP contribution in [0.3, 0.4) is 0 Å². The molecule has 0 bridgehead atoms. The normalized spacial score (nSPS) is 13.8. The van der Waals surface area contributed by atoms with Crippen molar-refractivity contribution in [3.8, 4) is 11.5 Å². The molecule has 0 unspecified atom stereocenters. The summed E-state index contributed by atoms with van der Waals surface area (Å²) in [6.07, 6.45) is 0.706. The zero-order valence-electron chi connectivity index (χ0n) is 14.2. The molecule has 1 N–H and O–H groups in total. The van der Waals surface area contributed by atoms with Crippen molar-refractivity contribution in [2.24, 2.45) is 0 Å². The van der Waals surface area contributed by atoms with E-state index in [9.17, 15) is 4.79 Å². The molecule has 26 heavy (non-hydrogen) atoms. The van der Waals surface area contributed by atoms with Crippen molar-refractivity contribution in [1.29, 1.82) is 0 Å². The fourth-order valence-electron chi connectivity index (χ4n) is 3.02. The van der Waals surface area contributed by atoms with Gasteiger partial charge in [-0.2, -0.15) is 0 Å². The number of rotatable bonds is 5. The maximum atomic E-state index is 12.6. The SMILES string of the molecule is O=C(N[C@@H](Cc1ccccc1)c1ccc2c(c1)OCCO2)c1cccs1. The minimum absolute atomic E-state index is 0.0594. The molecular weight excluding hydrogens is 346 g/mol. The smallest absolute Gasteiger partial charge is 0.261 e. The number of nitrogens with one attached hydrogen (secondary N) is 1. The lowest BCUT2D eigenvalue weighted by Crippen LogP contribution is -2.29. The molecule has 2 aromatic carbocycles. The van der Waals surface area contributed by atoms with Crippen molar-refractivity contribution >= 4 is 17.2 Å². The Balaban J connectivity index is 1.62. The second kappa shape index (κ2) is 7.62. The van der Waals surface area contributed by atoms with Crippen LogP contribution in [0.15, 0.2) is 66.0 Å². The first-order chi connectivity index (χ1) is 12.8. The Morgan fingerprint density at radius 3 is 2.58 bits per heavy atom. The molecule has 4 rings (SSSR count). The Morgan fingerprint density at radius 1 is 1.00 bits per heavy atom. The van der Waals surface area contributed by atoms with Gasteiger partial charge < -0.3 is 14.8 Å². The van der Waals surface area contributed by atoms with E-state index in [-0.39, 0.29) is 11.9 Å². The molecule has 0 saturated carbocycles. The highest BCUT2D eigenvalue weighted by Crippen LogP contribution is 2.33. The zero-order valence-corrected chi connectivity index (χ0v) is 15.0. The van der Waals surface area contributed by atoms with E-state index in [4.69, 9.17) is 9.47 Å². The minimum atomic E-state index is -0.150.